The van der Waals surface area contributed by atoms with Gasteiger partial charge in [-0.3, -0.25) is 18.6 Å². The summed E-state index contributed by atoms with van der Waals surface area (Å²) in [5.41, 5.74) is 5.33. The number of nitrogens with two attached hydrogens (primary N) is 1. The van der Waals surface area contributed by atoms with Crippen molar-refractivity contribution in [2.75, 3.05) is 26.4 Å². The number of esters is 2. The first-order valence-electron chi connectivity index (χ1n) is 20.5. The van der Waals surface area contributed by atoms with Crippen LogP contribution in [-0.2, 0) is 37.4 Å². The van der Waals surface area contributed by atoms with Crippen molar-refractivity contribution in [1.29, 1.82) is 0 Å². The van der Waals surface area contributed by atoms with Crippen LogP contribution < -0.4 is 5.73 Å². The largest absolute Gasteiger partial charge is 0.472 e. The second-order valence-electron chi connectivity index (χ2n) is 13.1. The molecule has 0 saturated carbocycles. The topological polar surface area (TPSA) is 147 Å². The van der Waals surface area contributed by atoms with E-state index < -0.39 is 32.5 Å². The van der Waals surface area contributed by atoms with Gasteiger partial charge in [0.2, 0.25) is 0 Å². The number of phosphoric acid groups is 1. The van der Waals surface area contributed by atoms with Crippen molar-refractivity contribution >= 4 is 19.8 Å². The van der Waals surface area contributed by atoms with Gasteiger partial charge < -0.3 is 24.8 Å². The van der Waals surface area contributed by atoms with Gasteiger partial charge in [-0.15, -0.1) is 0 Å². The quantitative estimate of drug-likeness (QED) is 0.0209. The van der Waals surface area contributed by atoms with E-state index in [-0.39, 0.29) is 32.6 Å². The summed E-state index contributed by atoms with van der Waals surface area (Å²) in [5, 5.41) is 0. The third-order valence-corrected chi connectivity index (χ3v) is 9.05. The Labute approximate surface area is 337 Å². The molecule has 1 aliphatic rings. The van der Waals surface area contributed by atoms with E-state index in [1.165, 1.54) is 0 Å². The van der Waals surface area contributed by atoms with E-state index in [1.807, 2.05) is 12.2 Å². The zero-order valence-corrected chi connectivity index (χ0v) is 34.9. The van der Waals surface area contributed by atoms with Crippen molar-refractivity contribution in [2.24, 2.45) is 5.73 Å². The van der Waals surface area contributed by atoms with Gasteiger partial charge in [0.15, 0.2) is 6.10 Å². The molecule has 0 radical (unpaired) electrons. The number of carbonyl (C=O) groups is 2. The lowest BCUT2D eigenvalue weighted by molar-refractivity contribution is -0.161. The molecule has 0 spiro atoms. The molecule has 1 aliphatic heterocycles. The number of phosphoric ester groups is 1. The number of allylic oxidation sites excluding steroid dienone is 16. The minimum atomic E-state index is -4.41. The van der Waals surface area contributed by atoms with Crippen LogP contribution in [0.5, 0.6) is 0 Å². The fourth-order valence-electron chi connectivity index (χ4n) is 4.98. The fraction of sp³-hybridized carbons (Fsp3) is 0.556. The van der Waals surface area contributed by atoms with Crippen LogP contribution in [0.1, 0.15) is 117 Å². The van der Waals surface area contributed by atoms with Gasteiger partial charge in [0, 0.05) is 19.4 Å². The molecule has 4 atom stereocenters. The number of hydrogen-bond acceptors (Lipinski definition) is 9. The van der Waals surface area contributed by atoms with Crippen molar-refractivity contribution in [1.82, 2.24) is 0 Å². The van der Waals surface area contributed by atoms with Crippen LogP contribution in [0.4, 0.5) is 0 Å². The monoisotopic (exact) mass is 799 g/mol. The first-order valence-corrected chi connectivity index (χ1v) is 22.0. The number of hydrogen-bond donors (Lipinski definition) is 2. The molecule has 10 nitrogen and oxygen atoms in total. The molecule has 11 heteroatoms. The molecule has 0 bridgehead atoms. The molecule has 314 valence electrons. The minimum Gasteiger partial charge on any atom is -0.462 e. The minimum absolute atomic E-state index is 0.0285. The molecule has 0 amide bonds. The van der Waals surface area contributed by atoms with Crippen LogP contribution in [0.2, 0.25) is 0 Å². The number of epoxide rings is 1. The summed E-state index contributed by atoms with van der Waals surface area (Å²) < 4.78 is 38.3. The molecular weight excluding hydrogens is 729 g/mol. The van der Waals surface area contributed by atoms with Crippen LogP contribution in [0.25, 0.3) is 0 Å². The summed E-state index contributed by atoms with van der Waals surface area (Å²) in [6.07, 6.45) is 50.4. The standard InChI is InChI=1S/C45H70NO9P/c1-3-5-7-8-9-10-11-12-13-14-19-22-25-28-32-36-45(48)54-41(40-53-56(49,50)52-38-37-46)39-51-44(47)35-31-27-24-21-18-16-15-17-20-23-26-30-34-43-42(55-43)33-29-6-4-2/h5-7,9-10,12-13,16-20,22,24,26-27,29-30,41-43H,3-4,8,11,14-15,21,23,25,28,31-40,46H2,1-2H3,(H,49,50)/b7-5-,10-9-,13-12-,18-16-,20-17-,22-19-,27-24-,29-6-,30-26-/t41-,42?,43?/m1/s1. The zero-order valence-electron chi connectivity index (χ0n) is 34.0. The molecule has 3 unspecified atom stereocenters. The molecule has 1 saturated heterocycles. The Morgan fingerprint density at radius 3 is 1.66 bits per heavy atom. The highest BCUT2D eigenvalue weighted by atomic mass is 31.2. The molecule has 0 aromatic heterocycles. The summed E-state index contributed by atoms with van der Waals surface area (Å²) in [7, 11) is -4.41. The number of unbranched alkanes of at least 4 members (excludes halogenated alkanes) is 2. The van der Waals surface area contributed by atoms with Gasteiger partial charge >= 0.3 is 19.8 Å². The molecule has 1 rings (SSSR count). The van der Waals surface area contributed by atoms with E-state index in [1.54, 1.807) is 0 Å². The Balaban J connectivity index is 2.28. The summed E-state index contributed by atoms with van der Waals surface area (Å²) in [6, 6.07) is 0. The highest BCUT2D eigenvalue weighted by Crippen LogP contribution is 2.43. The van der Waals surface area contributed by atoms with Gasteiger partial charge in [-0.05, 0) is 89.9 Å². The van der Waals surface area contributed by atoms with Gasteiger partial charge in [-0.1, -0.05) is 123 Å². The van der Waals surface area contributed by atoms with Crippen LogP contribution in [-0.4, -0.2) is 61.5 Å². The van der Waals surface area contributed by atoms with E-state index in [2.05, 4.69) is 111 Å². The maximum absolute atomic E-state index is 12.5. The zero-order chi connectivity index (χ0) is 40.8. The Bertz CT molecular complexity index is 1340. The summed E-state index contributed by atoms with van der Waals surface area (Å²) in [4.78, 5) is 34.8. The smallest absolute Gasteiger partial charge is 0.462 e. The van der Waals surface area contributed by atoms with Crippen molar-refractivity contribution in [3.8, 4) is 0 Å². The average molecular weight is 800 g/mol. The lowest BCUT2D eigenvalue weighted by atomic mass is 10.1. The lowest BCUT2D eigenvalue weighted by Gasteiger charge is -2.19. The number of rotatable bonds is 35. The molecule has 1 heterocycles. The fourth-order valence-corrected chi connectivity index (χ4v) is 5.75. The first-order chi connectivity index (χ1) is 27.3. The van der Waals surface area contributed by atoms with Gasteiger partial charge in [0.25, 0.3) is 0 Å². The summed E-state index contributed by atoms with van der Waals surface area (Å²) in [6.45, 7) is 3.32. The Morgan fingerprint density at radius 2 is 1.11 bits per heavy atom. The van der Waals surface area contributed by atoms with E-state index in [0.29, 0.717) is 25.0 Å². The lowest BCUT2D eigenvalue weighted by Crippen LogP contribution is -2.29. The Morgan fingerprint density at radius 1 is 0.625 bits per heavy atom. The average Bonchev–Trinajstić information content (AvgIpc) is 3.94. The second-order valence-corrected chi connectivity index (χ2v) is 14.6. The van der Waals surface area contributed by atoms with Crippen LogP contribution >= 0.6 is 7.82 Å². The predicted octanol–water partition coefficient (Wildman–Crippen LogP) is 10.6. The van der Waals surface area contributed by atoms with Crippen LogP contribution in [0.3, 0.4) is 0 Å². The van der Waals surface area contributed by atoms with Crippen molar-refractivity contribution in [3.05, 3.63) is 109 Å². The number of carbonyl (C=O) groups excluding carboxylic acids is 2. The molecule has 0 aromatic carbocycles. The van der Waals surface area contributed by atoms with E-state index in [4.69, 9.17) is 29.0 Å². The highest BCUT2D eigenvalue weighted by Gasteiger charge is 2.36. The molecule has 56 heavy (non-hydrogen) atoms. The molecular formula is C45H70NO9P. The first kappa shape index (κ1) is 50.6. The predicted molar refractivity (Wildman–Crippen MR) is 228 cm³/mol. The van der Waals surface area contributed by atoms with Gasteiger partial charge in [0.1, 0.15) is 6.61 Å². The maximum Gasteiger partial charge on any atom is 0.472 e. The van der Waals surface area contributed by atoms with Crippen molar-refractivity contribution in [2.45, 2.75) is 135 Å². The molecule has 0 aromatic rings. The van der Waals surface area contributed by atoms with Crippen LogP contribution in [0, 0.1) is 0 Å². The van der Waals surface area contributed by atoms with Gasteiger partial charge in [-0.2, -0.15) is 0 Å². The highest BCUT2D eigenvalue weighted by molar-refractivity contribution is 7.47. The van der Waals surface area contributed by atoms with Crippen LogP contribution in [0.15, 0.2) is 109 Å². The molecule has 3 N–H and O–H groups in total. The second kappa shape index (κ2) is 36.0. The number of ether oxygens (including phenoxy) is 3. The Hall–Kier alpha value is -3.37. The normalized spacial score (nSPS) is 18.1. The maximum atomic E-state index is 12.5. The van der Waals surface area contributed by atoms with Crippen molar-refractivity contribution < 1.29 is 42.3 Å². The van der Waals surface area contributed by atoms with E-state index in [0.717, 1.165) is 77.0 Å². The van der Waals surface area contributed by atoms with E-state index >= 15 is 0 Å². The third kappa shape index (κ3) is 32.8. The Kier molecular flexibility index (Phi) is 32.6. The third-order valence-electron chi connectivity index (χ3n) is 8.07. The van der Waals surface area contributed by atoms with E-state index in [9.17, 15) is 19.0 Å². The van der Waals surface area contributed by atoms with Gasteiger partial charge in [-0.25, -0.2) is 4.57 Å². The van der Waals surface area contributed by atoms with Crippen molar-refractivity contribution in [3.63, 3.8) is 0 Å². The summed E-state index contributed by atoms with van der Waals surface area (Å²) >= 11 is 0. The molecule has 0 aliphatic carbocycles. The molecule has 1 fully saturated rings. The summed E-state index contributed by atoms with van der Waals surface area (Å²) in [5.74, 6) is -0.994. The SMILES string of the molecule is CC/C=C\C/C=C\C/C=C\C/C=C\CCCCC(=O)O[C@H](COC(=O)CC/C=C\C/C=C\C/C=C\C/C=C\CC1OC1C/C=C\CC)COP(=O)(O)OCCN. The van der Waals surface area contributed by atoms with Gasteiger partial charge in [0.05, 0.1) is 25.4 Å².